The second-order valence-corrected chi connectivity index (χ2v) is 2.28. The Balaban J connectivity index is 2.25. The molecule has 1 rings (SSSR count). The second-order valence-electron chi connectivity index (χ2n) is 2.28. The molecule has 1 fully saturated rings. The molecule has 0 aromatic heterocycles. The van der Waals surface area contributed by atoms with Gasteiger partial charge in [-0.15, -0.1) is 0 Å². The highest BCUT2D eigenvalue weighted by Crippen LogP contribution is 2.06. The van der Waals surface area contributed by atoms with Gasteiger partial charge >= 0.3 is 0 Å². The van der Waals surface area contributed by atoms with E-state index in [9.17, 15) is 0 Å². The van der Waals surface area contributed by atoms with Crippen LogP contribution in [0, 0.1) is 6.58 Å². The number of allylic oxidation sites excluding steroid dienone is 2. The zero-order chi connectivity index (χ0) is 6.53. The van der Waals surface area contributed by atoms with Crippen LogP contribution in [0.1, 0.15) is 12.8 Å². The summed E-state index contributed by atoms with van der Waals surface area (Å²) in [6.07, 6.45) is 8.15. The molecule has 0 N–H and O–H groups in total. The van der Waals surface area contributed by atoms with Crippen LogP contribution in [-0.2, 0) is 0 Å². The molecule has 1 nitrogen and oxygen atoms in total. The molecule has 0 aliphatic carbocycles. The zero-order valence-electron chi connectivity index (χ0n) is 5.59. The Kier molecular flexibility index (Phi) is 2.37. The Labute approximate surface area is 56.7 Å². The van der Waals surface area contributed by atoms with Crippen molar-refractivity contribution in [2.45, 2.75) is 12.8 Å². The zero-order valence-corrected chi connectivity index (χ0v) is 5.59. The van der Waals surface area contributed by atoms with Gasteiger partial charge in [0.15, 0.2) is 0 Å². The first-order chi connectivity index (χ1) is 4.43. The van der Waals surface area contributed by atoms with E-state index in [4.69, 9.17) is 6.58 Å². The minimum absolute atomic E-state index is 1.20. The minimum Gasteiger partial charge on any atom is -0.377 e. The molecule has 0 aromatic rings. The summed E-state index contributed by atoms with van der Waals surface area (Å²) in [5.41, 5.74) is 0. The van der Waals surface area contributed by atoms with Crippen LogP contribution in [0.4, 0.5) is 0 Å². The molecule has 1 saturated heterocycles. The Morgan fingerprint density at radius 1 is 1.22 bits per heavy atom. The average Bonchev–Trinajstić information content (AvgIpc) is 2.34. The largest absolute Gasteiger partial charge is 0.377 e. The summed E-state index contributed by atoms with van der Waals surface area (Å²) in [6, 6.07) is 0. The topological polar surface area (TPSA) is 3.24 Å². The third-order valence-corrected chi connectivity index (χ3v) is 1.55. The lowest BCUT2D eigenvalue weighted by atomic mass is 10.4. The first-order valence-electron chi connectivity index (χ1n) is 3.39. The molecule has 1 heteroatoms. The second kappa shape index (κ2) is 3.33. The van der Waals surface area contributed by atoms with Gasteiger partial charge in [0.25, 0.3) is 0 Å². The quantitative estimate of drug-likeness (QED) is 0.503. The van der Waals surface area contributed by atoms with Gasteiger partial charge in [0.2, 0.25) is 0 Å². The van der Waals surface area contributed by atoms with Gasteiger partial charge in [-0.05, 0) is 25.1 Å². The van der Waals surface area contributed by atoms with E-state index >= 15 is 0 Å². The van der Waals surface area contributed by atoms with Crippen molar-refractivity contribution in [3.63, 3.8) is 0 Å². The number of nitrogens with zero attached hydrogens (tertiary/aromatic N) is 1. The van der Waals surface area contributed by atoms with Crippen molar-refractivity contribution >= 4 is 0 Å². The van der Waals surface area contributed by atoms with E-state index in [2.05, 4.69) is 4.90 Å². The summed E-state index contributed by atoms with van der Waals surface area (Å²) in [5.74, 6) is 0. The van der Waals surface area contributed by atoms with Crippen molar-refractivity contribution in [1.29, 1.82) is 0 Å². The van der Waals surface area contributed by atoms with Crippen LogP contribution in [0.25, 0.3) is 0 Å². The van der Waals surface area contributed by atoms with E-state index in [1.54, 1.807) is 6.08 Å². The SMILES string of the molecule is [CH]=C/C=C/N1CCCC1. The maximum absolute atomic E-state index is 5.17. The van der Waals surface area contributed by atoms with Crippen molar-refractivity contribution < 1.29 is 0 Å². The average molecular weight is 122 g/mol. The van der Waals surface area contributed by atoms with E-state index in [-0.39, 0.29) is 0 Å². The van der Waals surface area contributed by atoms with Gasteiger partial charge in [0, 0.05) is 13.1 Å². The van der Waals surface area contributed by atoms with Gasteiger partial charge in [0.05, 0.1) is 0 Å². The molecule has 0 bridgehead atoms. The molecule has 0 spiro atoms. The van der Waals surface area contributed by atoms with Crippen LogP contribution in [-0.4, -0.2) is 18.0 Å². The van der Waals surface area contributed by atoms with Crippen molar-refractivity contribution in [3.8, 4) is 0 Å². The molecular formula is C8H12N. The summed E-state index contributed by atoms with van der Waals surface area (Å²) >= 11 is 0. The monoisotopic (exact) mass is 122 g/mol. The lowest BCUT2D eigenvalue weighted by Crippen LogP contribution is -2.09. The Morgan fingerprint density at radius 3 is 2.44 bits per heavy atom. The third kappa shape index (κ3) is 1.92. The van der Waals surface area contributed by atoms with Crippen LogP contribution in [0.2, 0.25) is 0 Å². The summed E-state index contributed by atoms with van der Waals surface area (Å²) in [4.78, 5) is 2.28. The molecular weight excluding hydrogens is 110 g/mol. The predicted molar refractivity (Wildman–Crippen MR) is 38.8 cm³/mol. The highest BCUT2D eigenvalue weighted by atomic mass is 15.1. The summed E-state index contributed by atoms with van der Waals surface area (Å²) < 4.78 is 0. The Morgan fingerprint density at radius 2 is 1.89 bits per heavy atom. The van der Waals surface area contributed by atoms with E-state index in [1.807, 2.05) is 12.3 Å². The van der Waals surface area contributed by atoms with E-state index in [0.717, 1.165) is 0 Å². The fourth-order valence-corrected chi connectivity index (χ4v) is 1.06. The van der Waals surface area contributed by atoms with Crippen LogP contribution >= 0.6 is 0 Å². The molecule has 0 aromatic carbocycles. The third-order valence-electron chi connectivity index (χ3n) is 1.55. The lowest BCUT2D eigenvalue weighted by molar-refractivity contribution is 0.468. The molecule has 1 heterocycles. The van der Waals surface area contributed by atoms with Gasteiger partial charge in [-0.25, -0.2) is 0 Å². The van der Waals surface area contributed by atoms with E-state index in [0.29, 0.717) is 0 Å². The number of hydrogen-bond acceptors (Lipinski definition) is 1. The normalized spacial score (nSPS) is 19.3. The smallest absolute Gasteiger partial charge is 0.0173 e. The standard InChI is InChI=1S/C8H12N/c1-2-3-6-9-7-4-5-8-9/h1-3,6H,4-5,7-8H2/b2-1?,6-3+. The van der Waals surface area contributed by atoms with Gasteiger partial charge < -0.3 is 4.90 Å². The molecule has 0 atom stereocenters. The van der Waals surface area contributed by atoms with Gasteiger partial charge in [0.1, 0.15) is 0 Å². The molecule has 49 valence electrons. The van der Waals surface area contributed by atoms with Crippen molar-refractivity contribution in [2.75, 3.05) is 13.1 Å². The Bertz CT molecular complexity index is 110. The first-order valence-corrected chi connectivity index (χ1v) is 3.39. The predicted octanol–water partition coefficient (Wildman–Crippen LogP) is 1.59. The lowest BCUT2D eigenvalue weighted by Gasteiger charge is -2.08. The van der Waals surface area contributed by atoms with Gasteiger partial charge in [-0.2, -0.15) is 0 Å². The molecule has 1 radical (unpaired) electrons. The van der Waals surface area contributed by atoms with Crippen molar-refractivity contribution in [1.82, 2.24) is 4.90 Å². The summed E-state index contributed by atoms with van der Waals surface area (Å²) in [7, 11) is 0. The van der Waals surface area contributed by atoms with Gasteiger partial charge in [-0.3, -0.25) is 0 Å². The minimum atomic E-state index is 1.20. The highest BCUT2D eigenvalue weighted by molar-refractivity contribution is 4.96. The molecule has 0 unspecified atom stereocenters. The summed E-state index contributed by atoms with van der Waals surface area (Å²) in [6.45, 7) is 7.57. The number of hydrogen-bond donors (Lipinski definition) is 0. The molecule has 0 amide bonds. The van der Waals surface area contributed by atoms with E-state index < -0.39 is 0 Å². The molecule has 1 aliphatic rings. The highest BCUT2D eigenvalue weighted by Gasteiger charge is 2.04. The van der Waals surface area contributed by atoms with Crippen LogP contribution < -0.4 is 0 Å². The maximum Gasteiger partial charge on any atom is 0.0173 e. The van der Waals surface area contributed by atoms with Crippen LogP contribution in [0.5, 0.6) is 0 Å². The van der Waals surface area contributed by atoms with E-state index in [1.165, 1.54) is 25.9 Å². The van der Waals surface area contributed by atoms with Crippen molar-refractivity contribution in [2.24, 2.45) is 0 Å². The van der Waals surface area contributed by atoms with Crippen molar-refractivity contribution in [3.05, 3.63) is 24.9 Å². The van der Waals surface area contributed by atoms with Crippen LogP contribution in [0.3, 0.4) is 0 Å². The number of likely N-dealkylation sites (tertiary alicyclic amines) is 1. The maximum atomic E-state index is 5.17. The number of rotatable bonds is 2. The molecule has 1 aliphatic heterocycles. The fourth-order valence-electron chi connectivity index (χ4n) is 1.06. The Hall–Kier alpha value is -0.720. The fraction of sp³-hybridized carbons (Fsp3) is 0.500. The first kappa shape index (κ1) is 6.40. The van der Waals surface area contributed by atoms with Gasteiger partial charge in [-0.1, -0.05) is 12.7 Å². The molecule has 9 heavy (non-hydrogen) atoms. The summed E-state index contributed by atoms with van der Waals surface area (Å²) in [5, 5.41) is 0. The van der Waals surface area contributed by atoms with Crippen LogP contribution in [0.15, 0.2) is 18.4 Å². The molecule has 0 saturated carbocycles.